The Balaban J connectivity index is 1.82. The number of para-hydroxylation sites is 1. The number of carbonyl (C=O) groups excluding carboxylic acids is 4. The van der Waals surface area contributed by atoms with Crippen molar-refractivity contribution in [2.45, 2.75) is 43.2 Å². The average molecular weight is 663 g/mol. The van der Waals surface area contributed by atoms with Crippen LogP contribution in [0.1, 0.15) is 30.7 Å². The number of nitrogens with zero attached hydrogens (tertiary/aromatic N) is 3. The summed E-state index contributed by atoms with van der Waals surface area (Å²) in [5, 5.41) is 1.57. The van der Waals surface area contributed by atoms with Crippen molar-refractivity contribution >= 4 is 51.3 Å². The summed E-state index contributed by atoms with van der Waals surface area (Å²) >= 11 is 0. The first-order valence-electron chi connectivity index (χ1n) is 15.1. The molecule has 3 aromatic rings. The number of likely N-dealkylation sites (N-methyl/N-ethyl adjacent to an activating group) is 1. The van der Waals surface area contributed by atoms with Gasteiger partial charge >= 0.3 is 12.1 Å². The predicted molar refractivity (Wildman–Crippen MR) is 182 cm³/mol. The van der Waals surface area contributed by atoms with Crippen LogP contribution < -0.4 is 5.84 Å². The second-order valence-electron chi connectivity index (χ2n) is 12.0. The Bertz CT molecular complexity index is 1700. The summed E-state index contributed by atoms with van der Waals surface area (Å²) < 4.78 is 15.9. The van der Waals surface area contributed by atoms with E-state index in [-0.39, 0.29) is 24.3 Å². The first-order valence-corrected chi connectivity index (χ1v) is 17.7. The molecule has 0 aliphatic carbocycles. The molecular weight excluding hydrogens is 620 g/mol. The largest absolute Gasteiger partial charge is 0.448 e. The molecule has 2 heterocycles. The molecule has 1 atom stereocenters. The zero-order valence-corrected chi connectivity index (χ0v) is 28.4. The van der Waals surface area contributed by atoms with Gasteiger partial charge in [-0.3, -0.25) is 14.4 Å². The van der Waals surface area contributed by atoms with Crippen molar-refractivity contribution in [1.29, 1.82) is 0 Å². The van der Waals surface area contributed by atoms with Crippen LogP contribution in [-0.4, -0.2) is 91.2 Å². The number of rotatable bonds is 11. The molecule has 11 nitrogen and oxygen atoms in total. The van der Waals surface area contributed by atoms with Gasteiger partial charge in [0.05, 0.1) is 29.5 Å². The highest BCUT2D eigenvalue weighted by Gasteiger charge is 2.31. The van der Waals surface area contributed by atoms with Gasteiger partial charge in [0.2, 0.25) is 0 Å². The van der Waals surface area contributed by atoms with E-state index in [2.05, 4.69) is 30.7 Å². The molecule has 0 bridgehead atoms. The lowest BCUT2D eigenvalue weighted by Crippen LogP contribution is -2.44. The molecule has 1 unspecified atom stereocenters. The maximum Gasteiger partial charge on any atom is 0.424 e. The normalized spacial score (nSPS) is 16.9. The summed E-state index contributed by atoms with van der Waals surface area (Å²) in [4.78, 5) is 59.1. The molecule has 2 amide bonds. The molecule has 0 radical (unpaired) electrons. The van der Waals surface area contributed by atoms with Crippen molar-refractivity contribution in [2.75, 3.05) is 39.8 Å². The van der Waals surface area contributed by atoms with Gasteiger partial charge in [0.1, 0.15) is 6.54 Å². The summed E-state index contributed by atoms with van der Waals surface area (Å²) in [6.07, 6.45) is 5.38. The molecule has 1 aromatic heterocycles. The van der Waals surface area contributed by atoms with Crippen LogP contribution in [0.3, 0.4) is 0 Å². The second-order valence-corrected chi connectivity index (χ2v) is 15.7. The summed E-state index contributed by atoms with van der Waals surface area (Å²) in [6, 6.07) is 18.2. The first-order chi connectivity index (χ1) is 22.4. The van der Waals surface area contributed by atoms with E-state index in [1.807, 2.05) is 36.4 Å². The van der Waals surface area contributed by atoms with E-state index in [4.69, 9.17) is 25.0 Å². The number of carbonyl (C=O) groups is 4. The fourth-order valence-corrected chi connectivity index (χ4v) is 8.30. The summed E-state index contributed by atoms with van der Waals surface area (Å²) in [7, 11) is 1.62. The topological polar surface area (TPSA) is 141 Å². The molecule has 1 aliphatic heterocycles. The Morgan fingerprint density at radius 2 is 1.74 bits per heavy atom. The maximum absolute atomic E-state index is 14.0. The molecule has 47 heavy (non-hydrogen) atoms. The molecule has 2 N–H and O–H groups in total. The molecule has 0 saturated carbocycles. The highest BCUT2D eigenvalue weighted by Crippen LogP contribution is 2.56. The number of amides is 2. The number of benzene rings is 2. The van der Waals surface area contributed by atoms with Gasteiger partial charge in [-0.15, -0.1) is 0 Å². The fraction of sp³-hybridized carbons (Fsp3) is 0.343. The molecular formula is C35H42N4O7S. The van der Waals surface area contributed by atoms with Crippen molar-refractivity contribution in [2.24, 2.45) is 5.84 Å². The lowest BCUT2D eigenvalue weighted by molar-refractivity contribution is -0.150. The van der Waals surface area contributed by atoms with Gasteiger partial charge in [0.25, 0.3) is 5.91 Å². The van der Waals surface area contributed by atoms with Crippen molar-refractivity contribution in [1.82, 2.24) is 14.9 Å². The number of hydrogen-bond donors (Lipinski definition) is 1. The molecule has 0 fully saturated rings. The van der Waals surface area contributed by atoms with Gasteiger partial charge in [0.15, 0.2) is 12.4 Å². The number of hydrogen-bond acceptors (Lipinski definition) is 9. The molecule has 2 aromatic carbocycles. The van der Waals surface area contributed by atoms with Crippen LogP contribution in [0.2, 0.25) is 0 Å². The van der Waals surface area contributed by atoms with Crippen LogP contribution in [0.25, 0.3) is 17.0 Å². The van der Waals surface area contributed by atoms with Crippen LogP contribution in [0, 0.1) is 0 Å². The van der Waals surface area contributed by atoms with Crippen LogP contribution in [0.4, 0.5) is 4.79 Å². The summed E-state index contributed by atoms with van der Waals surface area (Å²) in [5.74, 6) is 5.14. The molecule has 0 saturated heterocycles. The number of methoxy groups -OCH3 is 1. The van der Waals surface area contributed by atoms with Crippen molar-refractivity contribution in [3.63, 3.8) is 0 Å². The third kappa shape index (κ3) is 8.45. The Morgan fingerprint density at radius 1 is 1.06 bits per heavy atom. The van der Waals surface area contributed by atoms with Crippen molar-refractivity contribution < 1.29 is 33.4 Å². The van der Waals surface area contributed by atoms with E-state index in [1.165, 1.54) is 12.7 Å². The molecule has 250 valence electrons. The van der Waals surface area contributed by atoms with Gasteiger partial charge in [-0.25, -0.2) is 30.7 Å². The van der Waals surface area contributed by atoms with Gasteiger partial charge in [0, 0.05) is 47.9 Å². The van der Waals surface area contributed by atoms with Crippen molar-refractivity contribution in [3.8, 4) is 0 Å². The Hall–Kier alpha value is -4.52. The first kappa shape index (κ1) is 35.3. The van der Waals surface area contributed by atoms with E-state index in [9.17, 15) is 19.2 Å². The highest BCUT2D eigenvalue weighted by molar-refractivity contribution is 8.32. The van der Waals surface area contributed by atoms with Crippen molar-refractivity contribution in [3.05, 3.63) is 88.6 Å². The highest BCUT2D eigenvalue weighted by atomic mass is 32.3. The van der Waals surface area contributed by atoms with E-state index in [1.54, 1.807) is 37.9 Å². The van der Waals surface area contributed by atoms with E-state index in [0.29, 0.717) is 17.0 Å². The number of ether oxygens (including phenoxy) is 3. The molecule has 4 rings (SSSR count). The summed E-state index contributed by atoms with van der Waals surface area (Å²) in [5.41, 5.74) is 3.79. The van der Waals surface area contributed by atoms with E-state index >= 15 is 0 Å². The number of aldehydes is 1. The molecule has 1 aliphatic rings. The van der Waals surface area contributed by atoms with Crippen LogP contribution in [0.15, 0.2) is 76.7 Å². The molecule has 12 heteroatoms. The number of nitrogens with two attached hydrogens (primary N) is 1. The number of esters is 1. The summed E-state index contributed by atoms with van der Waals surface area (Å²) in [6.45, 7) is 2.68. The Labute approximate surface area is 276 Å². The lowest BCUT2D eigenvalue weighted by atomic mass is 10.0. The fourth-order valence-electron chi connectivity index (χ4n) is 5.53. The number of fused-ring (bicyclic) bond motifs is 2. The smallest absolute Gasteiger partial charge is 0.424 e. The number of pyridine rings is 1. The standard InChI is InChI=1S/C35H42N4O7S/c1-23(2)45-35(43)39(36)19-32(41)46-31(20-40)25-16-17-30-27(18-38(3)34(42)28(25)21-44-4)33(26-14-10-11-15-29(26)37-30)47(5,6)22-24-12-8-7-9-13-24/h7-17,20,23,31H,18-19,21-22,36H2,1-6H3/b17-16+,28-25+. The number of aromatic nitrogens is 1. The molecule has 0 spiro atoms. The van der Waals surface area contributed by atoms with Gasteiger partial charge in [-0.1, -0.05) is 54.6 Å². The van der Waals surface area contributed by atoms with E-state index < -0.39 is 46.8 Å². The quantitative estimate of drug-likeness (QED) is 0.102. The minimum absolute atomic E-state index is 0.126. The minimum Gasteiger partial charge on any atom is -0.448 e. The zero-order chi connectivity index (χ0) is 34.3. The van der Waals surface area contributed by atoms with Gasteiger partial charge < -0.3 is 19.1 Å². The van der Waals surface area contributed by atoms with Crippen LogP contribution >= 0.6 is 10.0 Å². The number of hydrazine groups is 1. The maximum atomic E-state index is 14.0. The zero-order valence-electron chi connectivity index (χ0n) is 27.6. The van der Waals surface area contributed by atoms with Crippen LogP contribution in [-0.2, 0) is 40.9 Å². The SMILES string of the molecule is COC/C1=C(C(C=O)OC(=O)CN(N)C(=O)OC(C)C)/C=C/c2nc3ccccc3c(S(C)(C)Cc3ccccc3)c2CN(C)C1=O. The van der Waals surface area contributed by atoms with Crippen LogP contribution in [0.5, 0.6) is 0 Å². The average Bonchev–Trinajstić information content (AvgIpc) is 3.06. The lowest BCUT2D eigenvalue weighted by Gasteiger charge is -2.36. The minimum atomic E-state index is -1.50. The van der Waals surface area contributed by atoms with E-state index in [0.717, 1.165) is 27.1 Å². The van der Waals surface area contributed by atoms with Gasteiger partial charge in [-0.05, 0) is 44.1 Å². The Kier molecular flexibility index (Phi) is 11.6. The third-order valence-corrected chi connectivity index (χ3v) is 10.1. The second kappa shape index (κ2) is 15.4. The monoisotopic (exact) mass is 662 g/mol. The third-order valence-electron chi connectivity index (χ3n) is 7.51. The Morgan fingerprint density at radius 3 is 2.40 bits per heavy atom. The van der Waals surface area contributed by atoms with Gasteiger partial charge in [-0.2, -0.15) is 0 Å². The predicted octanol–water partition coefficient (Wildman–Crippen LogP) is 4.62.